The smallest absolute Gasteiger partial charge is 0.337 e. The summed E-state index contributed by atoms with van der Waals surface area (Å²) >= 11 is 5.46. The Kier molecular flexibility index (Phi) is 6.36. The molecule has 1 aliphatic heterocycles. The van der Waals surface area contributed by atoms with Crippen molar-refractivity contribution in [1.29, 1.82) is 0 Å². The normalized spacial score (nSPS) is 17.0. The van der Waals surface area contributed by atoms with Gasteiger partial charge in [-0.2, -0.15) is 0 Å². The molecular weight excluding hydrogens is 336 g/mol. The van der Waals surface area contributed by atoms with Crippen molar-refractivity contribution in [2.24, 2.45) is 0 Å². The highest BCUT2D eigenvalue weighted by atomic mass is 32.1. The van der Waals surface area contributed by atoms with Crippen LogP contribution >= 0.6 is 12.2 Å². The van der Waals surface area contributed by atoms with E-state index in [0.717, 1.165) is 11.3 Å². The Morgan fingerprint density at radius 1 is 1.40 bits per heavy atom. The highest BCUT2D eigenvalue weighted by molar-refractivity contribution is 7.80. The van der Waals surface area contributed by atoms with Crippen molar-refractivity contribution in [3.8, 4) is 5.75 Å². The molecule has 0 spiro atoms. The van der Waals surface area contributed by atoms with Crippen molar-refractivity contribution in [1.82, 2.24) is 10.2 Å². The summed E-state index contributed by atoms with van der Waals surface area (Å²) in [5.74, 6) is 0.296. The third-order valence-corrected chi connectivity index (χ3v) is 4.21. The van der Waals surface area contributed by atoms with Crippen molar-refractivity contribution in [3.05, 3.63) is 66.4 Å². The highest BCUT2D eigenvalue weighted by Gasteiger charge is 2.34. The zero-order valence-electron chi connectivity index (χ0n) is 14.5. The van der Waals surface area contributed by atoms with E-state index in [4.69, 9.17) is 21.7 Å². The van der Waals surface area contributed by atoms with Gasteiger partial charge in [-0.15, -0.1) is 6.58 Å². The molecular formula is C19H22N2O3S. The molecule has 1 atom stereocenters. The first-order valence-corrected chi connectivity index (χ1v) is 8.26. The van der Waals surface area contributed by atoms with Crippen LogP contribution in [0.3, 0.4) is 0 Å². The average Bonchev–Trinajstić information content (AvgIpc) is 2.62. The zero-order chi connectivity index (χ0) is 18.4. The lowest BCUT2D eigenvalue weighted by Gasteiger charge is -2.37. The number of ether oxygens (including phenoxy) is 2. The maximum atomic E-state index is 12.4. The molecule has 1 aliphatic rings. The maximum absolute atomic E-state index is 12.4. The van der Waals surface area contributed by atoms with Gasteiger partial charge in [0.25, 0.3) is 0 Å². The van der Waals surface area contributed by atoms with E-state index < -0.39 is 12.0 Å². The second kappa shape index (κ2) is 8.48. The molecule has 1 N–H and O–H groups in total. The number of hydrogen-bond acceptors (Lipinski definition) is 4. The molecule has 6 heteroatoms. The fraction of sp³-hybridized carbons (Fsp3) is 0.263. The van der Waals surface area contributed by atoms with Gasteiger partial charge in [-0.3, -0.25) is 0 Å². The van der Waals surface area contributed by atoms with Gasteiger partial charge in [0, 0.05) is 12.2 Å². The Morgan fingerprint density at radius 3 is 2.80 bits per heavy atom. The third kappa shape index (κ3) is 4.09. The molecule has 5 nitrogen and oxygen atoms in total. The van der Waals surface area contributed by atoms with Gasteiger partial charge in [0.05, 0.1) is 18.7 Å². The molecule has 25 heavy (non-hydrogen) atoms. The monoisotopic (exact) mass is 358 g/mol. The van der Waals surface area contributed by atoms with E-state index >= 15 is 0 Å². The number of allylic oxidation sites excluding steroid dienone is 1. The number of carbonyl (C=O) groups excluding carboxylic acids is 1. The minimum atomic E-state index is -0.409. The van der Waals surface area contributed by atoms with Crippen LogP contribution in [0.1, 0.15) is 18.5 Å². The van der Waals surface area contributed by atoms with Gasteiger partial charge in [0.15, 0.2) is 5.11 Å². The summed E-state index contributed by atoms with van der Waals surface area (Å²) in [6.45, 7) is 10.2. The summed E-state index contributed by atoms with van der Waals surface area (Å²) in [6, 6.07) is 7.11. The summed E-state index contributed by atoms with van der Waals surface area (Å²) in [6.07, 6.45) is 3.41. The molecule has 1 aromatic carbocycles. The van der Waals surface area contributed by atoms with E-state index in [2.05, 4.69) is 18.5 Å². The number of carbonyl (C=O) groups is 1. The summed E-state index contributed by atoms with van der Waals surface area (Å²) < 4.78 is 10.6. The van der Waals surface area contributed by atoms with E-state index in [1.54, 1.807) is 12.2 Å². The van der Waals surface area contributed by atoms with Crippen LogP contribution in [0.5, 0.6) is 5.75 Å². The van der Waals surface area contributed by atoms with Crippen LogP contribution in [-0.2, 0) is 9.53 Å². The van der Waals surface area contributed by atoms with Gasteiger partial charge in [0.2, 0.25) is 0 Å². The predicted molar refractivity (Wildman–Crippen MR) is 102 cm³/mol. The largest absolute Gasteiger partial charge is 0.490 e. The lowest BCUT2D eigenvalue weighted by Crippen LogP contribution is -2.47. The van der Waals surface area contributed by atoms with Crippen molar-refractivity contribution >= 4 is 23.3 Å². The summed E-state index contributed by atoms with van der Waals surface area (Å²) in [4.78, 5) is 14.2. The second-order valence-corrected chi connectivity index (χ2v) is 5.83. The fourth-order valence-electron chi connectivity index (χ4n) is 2.69. The number of thiocarbonyl (C=S) groups is 1. The number of rotatable bonds is 7. The third-order valence-electron chi connectivity index (χ3n) is 3.87. The van der Waals surface area contributed by atoms with Crippen LogP contribution in [0.25, 0.3) is 0 Å². The standard InChI is InChI=1S/C19H22N2O3S/c1-5-10-21-13(3)16(18(22)23-4)17(20-19(21)25)14-8-7-9-15(12-14)24-11-6-2/h5-9,12,17H,1-2,10-11H2,3-4H3,(H,20,25)/t17-/m0/s1. The Morgan fingerprint density at radius 2 is 2.16 bits per heavy atom. The lowest BCUT2D eigenvalue weighted by molar-refractivity contribution is -0.136. The average molecular weight is 358 g/mol. The van der Waals surface area contributed by atoms with E-state index in [9.17, 15) is 4.79 Å². The molecule has 1 heterocycles. The summed E-state index contributed by atoms with van der Waals surface area (Å²) in [7, 11) is 1.37. The molecule has 0 radical (unpaired) electrons. The highest BCUT2D eigenvalue weighted by Crippen LogP contribution is 2.32. The van der Waals surface area contributed by atoms with E-state index in [1.807, 2.05) is 36.1 Å². The zero-order valence-corrected chi connectivity index (χ0v) is 15.3. The summed E-state index contributed by atoms with van der Waals surface area (Å²) in [5, 5.41) is 3.76. The fourth-order valence-corrected chi connectivity index (χ4v) is 3.02. The van der Waals surface area contributed by atoms with Gasteiger partial charge in [-0.25, -0.2) is 4.79 Å². The molecule has 0 amide bonds. The van der Waals surface area contributed by atoms with Crippen LogP contribution in [-0.4, -0.2) is 36.2 Å². The predicted octanol–water partition coefficient (Wildman–Crippen LogP) is 3.12. The van der Waals surface area contributed by atoms with Crippen molar-refractivity contribution in [2.75, 3.05) is 20.3 Å². The Bertz CT molecular complexity index is 727. The number of hydrogen-bond donors (Lipinski definition) is 1. The SMILES string of the molecule is C=CCOc1cccc([C@@H]2NC(=S)N(CC=C)C(C)=C2C(=O)OC)c1. The first kappa shape index (κ1) is 18.7. The van der Waals surface area contributed by atoms with Crippen LogP contribution in [0, 0.1) is 0 Å². The van der Waals surface area contributed by atoms with Gasteiger partial charge < -0.3 is 19.7 Å². The van der Waals surface area contributed by atoms with Crippen molar-refractivity contribution < 1.29 is 14.3 Å². The van der Waals surface area contributed by atoms with Gasteiger partial charge in [-0.1, -0.05) is 30.9 Å². The number of benzene rings is 1. The Labute approximate surface area is 153 Å². The van der Waals surface area contributed by atoms with Crippen LogP contribution < -0.4 is 10.1 Å². The minimum Gasteiger partial charge on any atom is -0.490 e. The van der Waals surface area contributed by atoms with Gasteiger partial charge in [-0.05, 0) is 36.8 Å². The quantitative estimate of drug-likeness (QED) is 0.459. The first-order valence-electron chi connectivity index (χ1n) is 7.85. The molecule has 0 unspecified atom stereocenters. The number of nitrogens with one attached hydrogen (secondary N) is 1. The Hall–Kier alpha value is -2.60. The molecule has 0 aromatic heterocycles. The van der Waals surface area contributed by atoms with E-state index in [1.165, 1.54) is 7.11 Å². The second-order valence-electron chi connectivity index (χ2n) is 5.44. The minimum absolute atomic E-state index is 0.399. The molecule has 0 saturated heterocycles. The first-order chi connectivity index (χ1) is 12.0. The number of esters is 1. The lowest BCUT2D eigenvalue weighted by atomic mass is 9.95. The molecule has 0 aliphatic carbocycles. The molecule has 1 aromatic rings. The van der Waals surface area contributed by atoms with Gasteiger partial charge in [0.1, 0.15) is 12.4 Å². The maximum Gasteiger partial charge on any atom is 0.337 e. The van der Waals surface area contributed by atoms with Gasteiger partial charge >= 0.3 is 5.97 Å². The van der Waals surface area contributed by atoms with E-state index in [0.29, 0.717) is 29.6 Å². The topological polar surface area (TPSA) is 50.8 Å². The summed E-state index contributed by atoms with van der Waals surface area (Å²) in [5.41, 5.74) is 2.12. The van der Waals surface area contributed by atoms with E-state index in [-0.39, 0.29) is 0 Å². The van der Waals surface area contributed by atoms with Crippen molar-refractivity contribution in [2.45, 2.75) is 13.0 Å². The molecule has 0 saturated carbocycles. The Balaban J connectivity index is 2.47. The molecule has 0 fully saturated rings. The van der Waals surface area contributed by atoms with Crippen LogP contribution in [0.4, 0.5) is 0 Å². The van der Waals surface area contributed by atoms with Crippen LogP contribution in [0.15, 0.2) is 60.8 Å². The molecule has 132 valence electrons. The molecule has 2 rings (SSSR count). The van der Waals surface area contributed by atoms with Crippen LogP contribution in [0.2, 0.25) is 0 Å². The molecule has 0 bridgehead atoms. The number of methoxy groups -OCH3 is 1. The van der Waals surface area contributed by atoms with Crippen molar-refractivity contribution in [3.63, 3.8) is 0 Å². The number of nitrogens with zero attached hydrogens (tertiary/aromatic N) is 1.